The second-order valence-corrected chi connectivity index (χ2v) is 8.86. The Bertz CT molecular complexity index is 764. The third kappa shape index (κ3) is 3.59. The van der Waals surface area contributed by atoms with Gasteiger partial charge in [-0.05, 0) is 19.3 Å². The predicted octanol–water partition coefficient (Wildman–Crippen LogP) is 4.38. The molecule has 1 heterocycles. The fraction of sp³-hybridized carbons (Fsp3) is 0.500. The molecule has 1 aromatic carbocycles. The van der Waals surface area contributed by atoms with Gasteiger partial charge < -0.3 is 19.5 Å². The summed E-state index contributed by atoms with van der Waals surface area (Å²) in [6.07, 6.45) is 0. The van der Waals surface area contributed by atoms with Crippen LogP contribution >= 0.6 is 7.60 Å². The zero-order valence-corrected chi connectivity index (χ0v) is 16.2. The summed E-state index contributed by atoms with van der Waals surface area (Å²) < 4.78 is 30.3. The fourth-order valence-electron chi connectivity index (χ4n) is 2.92. The molecule has 0 radical (unpaired) electrons. The summed E-state index contributed by atoms with van der Waals surface area (Å²) in [5.41, 5.74) is 6.46. The van der Waals surface area contributed by atoms with Gasteiger partial charge in [0.25, 0.3) is 0 Å². The van der Waals surface area contributed by atoms with Crippen LogP contribution in [0.3, 0.4) is 0 Å². The zero-order chi connectivity index (χ0) is 18.8. The first-order valence-electron chi connectivity index (χ1n) is 8.29. The second kappa shape index (κ2) is 7.21. The van der Waals surface area contributed by atoms with Crippen molar-refractivity contribution in [2.45, 2.75) is 45.7 Å². The number of nitriles is 1. The van der Waals surface area contributed by atoms with Crippen molar-refractivity contribution >= 4 is 7.60 Å². The molecular formula is C18H25N2O4P. The van der Waals surface area contributed by atoms with E-state index in [-0.39, 0.29) is 30.1 Å². The Morgan fingerprint density at radius 2 is 1.88 bits per heavy atom. The highest BCUT2D eigenvalue weighted by atomic mass is 31.2. The predicted molar refractivity (Wildman–Crippen MR) is 96.2 cm³/mol. The van der Waals surface area contributed by atoms with Crippen molar-refractivity contribution < 1.29 is 18.3 Å². The third-order valence-corrected chi connectivity index (χ3v) is 6.36. The summed E-state index contributed by atoms with van der Waals surface area (Å²) in [6, 6.07) is 7.60. The molecular weight excluding hydrogens is 339 g/mol. The molecule has 6 nitrogen and oxygen atoms in total. The highest BCUT2D eigenvalue weighted by Gasteiger charge is 2.46. The van der Waals surface area contributed by atoms with E-state index in [4.69, 9.17) is 19.5 Å². The van der Waals surface area contributed by atoms with Crippen LogP contribution in [0.2, 0.25) is 0 Å². The Hall–Kier alpha value is -1.80. The van der Waals surface area contributed by atoms with E-state index in [2.05, 4.69) is 0 Å². The number of allylic oxidation sites excluding steroid dienone is 1. The number of ether oxygens (including phenoxy) is 1. The number of nitrogens with zero attached hydrogens (tertiary/aromatic N) is 1. The Balaban J connectivity index is 2.76. The lowest BCUT2D eigenvalue weighted by atomic mass is 9.84. The lowest BCUT2D eigenvalue weighted by molar-refractivity contribution is 0.213. The normalized spacial score (nSPS) is 17.7. The monoisotopic (exact) mass is 364 g/mol. The number of fused-ring (bicyclic) bond motifs is 1. The largest absolute Gasteiger partial charge is 0.440 e. The Morgan fingerprint density at radius 3 is 2.36 bits per heavy atom. The molecule has 0 saturated carbocycles. The molecule has 2 rings (SSSR count). The molecule has 0 aliphatic carbocycles. The van der Waals surface area contributed by atoms with E-state index in [0.29, 0.717) is 11.3 Å². The Kier molecular flexibility index (Phi) is 5.63. The van der Waals surface area contributed by atoms with Gasteiger partial charge in [0.15, 0.2) is 0 Å². The number of hydrogen-bond donors (Lipinski definition) is 1. The van der Waals surface area contributed by atoms with E-state index in [1.165, 1.54) is 0 Å². The van der Waals surface area contributed by atoms with Crippen molar-refractivity contribution in [1.82, 2.24) is 0 Å². The van der Waals surface area contributed by atoms with Gasteiger partial charge in [0.2, 0.25) is 5.88 Å². The summed E-state index contributed by atoms with van der Waals surface area (Å²) in [4.78, 5) is 0. The van der Waals surface area contributed by atoms with Gasteiger partial charge in [-0.3, -0.25) is 4.57 Å². The molecule has 0 saturated heterocycles. The molecule has 1 atom stereocenters. The van der Waals surface area contributed by atoms with Crippen LogP contribution in [0.25, 0.3) is 0 Å². The maximum Gasteiger partial charge on any atom is 0.343 e. The van der Waals surface area contributed by atoms with Crippen LogP contribution in [0.5, 0.6) is 5.75 Å². The lowest BCUT2D eigenvalue weighted by Crippen LogP contribution is -2.25. The molecule has 2 N–H and O–H groups in total. The minimum absolute atomic E-state index is 0.0590. The summed E-state index contributed by atoms with van der Waals surface area (Å²) in [7, 11) is -3.65. The first-order valence-corrected chi connectivity index (χ1v) is 9.90. The first kappa shape index (κ1) is 19.5. The summed E-state index contributed by atoms with van der Waals surface area (Å²) in [6.45, 7) is 10.00. The SMILES string of the molecule is CCOP(=O)(OCC)C1C(C#N)=C(N)Oc2c1cccc2C(C)(C)C. The number of rotatable bonds is 5. The Morgan fingerprint density at radius 1 is 1.28 bits per heavy atom. The van der Waals surface area contributed by atoms with Crippen molar-refractivity contribution in [3.8, 4) is 11.8 Å². The molecule has 0 fully saturated rings. The number of benzene rings is 1. The minimum Gasteiger partial charge on any atom is -0.440 e. The van der Waals surface area contributed by atoms with Gasteiger partial charge in [0.05, 0.1) is 13.2 Å². The van der Waals surface area contributed by atoms with Crippen LogP contribution < -0.4 is 10.5 Å². The average molecular weight is 364 g/mol. The molecule has 0 amide bonds. The van der Waals surface area contributed by atoms with Gasteiger partial charge in [-0.15, -0.1) is 0 Å². The highest BCUT2D eigenvalue weighted by Crippen LogP contribution is 2.66. The van der Waals surface area contributed by atoms with E-state index in [1.807, 2.05) is 39.0 Å². The topological polar surface area (TPSA) is 94.6 Å². The molecule has 1 aromatic rings. The second-order valence-electron chi connectivity index (χ2n) is 6.74. The summed E-state index contributed by atoms with van der Waals surface area (Å²) >= 11 is 0. The van der Waals surface area contributed by atoms with E-state index in [0.717, 1.165) is 5.56 Å². The van der Waals surface area contributed by atoms with Gasteiger partial charge in [0, 0.05) is 11.1 Å². The van der Waals surface area contributed by atoms with Crippen LogP contribution in [-0.2, 0) is 19.0 Å². The standard InChI is InChI=1S/C18H25N2O4P/c1-6-22-25(21,23-7-2)16-12-9-8-10-14(18(3,4)5)15(12)24-17(20)13(16)11-19/h8-10,16H,6-7,20H2,1-5H3. The minimum atomic E-state index is -3.65. The first-order chi connectivity index (χ1) is 11.7. The van der Waals surface area contributed by atoms with Crippen molar-refractivity contribution in [3.63, 3.8) is 0 Å². The van der Waals surface area contributed by atoms with E-state index in [9.17, 15) is 9.83 Å². The van der Waals surface area contributed by atoms with E-state index >= 15 is 0 Å². The molecule has 1 aliphatic rings. The molecule has 136 valence electrons. The maximum absolute atomic E-state index is 13.5. The van der Waals surface area contributed by atoms with Crippen molar-refractivity contribution in [2.75, 3.05) is 13.2 Å². The van der Waals surface area contributed by atoms with Crippen LogP contribution in [0.1, 0.15) is 51.4 Å². The zero-order valence-electron chi connectivity index (χ0n) is 15.3. The van der Waals surface area contributed by atoms with Gasteiger partial charge in [0.1, 0.15) is 23.1 Å². The van der Waals surface area contributed by atoms with Crippen molar-refractivity contribution in [1.29, 1.82) is 5.26 Å². The van der Waals surface area contributed by atoms with Crippen molar-refractivity contribution in [2.24, 2.45) is 5.73 Å². The molecule has 0 bridgehead atoms. The molecule has 1 unspecified atom stereocenters. The van der Waals surface area contributed by atoms with Gasteiger partial charge >= 0.3 is 7.60 Å². The van der Waals surface area contributed by atoms with E-state index < -0.39 is 13.3 Å². The van der Waals surface area contributed by atoms with Crippen molar-refractivity contribution in [3.05, 3.63) is 40.8 Å². The third-order valence-electron chi connectivity index (χ3n) is 3.95. The quantitative estimate of drug-likeness (QED) is 0.779. The van der Waals surface area contributed by atoms with Gasteiger partial charge in [-0.1, -0.05) is 39.0 Å². The van der Waals surface area contributed by atoms with Crippen LogP contribution in [0.15, 0.2) is 29.7 Å². The Labute approximate surface area is 149 Å². The van der Waals surface area contributed by atoms with Crippen LogP contribution in [0, 0.1) is 11.3 Å². The summed E-state index contributed by atoms with van der Waals surface area (Å²) in [5.74, 6) is 0.465. The highest BCUT2D eigenvalue weighted by molar-refractivity contribution is 7.54. The summed E-state index contributed by atoms with van der Waals surface area (Å²) in [5, 5.41) is 9.59. The molecule has 1 aliphatic heterocycles. The average Bonchev–Trinajstić information content (AvgIpc) is 2.52. The lowest BCUT2D eigenvalue weighted by Gasteiger charge is -2.33. The molecule has 25 heavy (non-hydrogen) atoms. The van der Waals surface area contributed by atoms with Crippen LogP contribution in [-0.4, -0.2) is 13.2 Å². The fourth-order valence-corrected chi connectivity index (χ4v) is 5.06. The van der Waals surface area contributed by atoms with E-state index in [1.54, 1.807) is 19.9 Å². The van der Waals surface area contributed by atoms with Crippen LogP contribution in [0.4, 0.5) is 0 Å². The number of nitrogens with two attached hydrogens (primary N) is 1. The number of hydrogen-bond acceptors (Lipinski definition) is 6. The smallest absolute Gasteiger partial charge is 0.343 e. The van der Waals surface area contributed by atoms with Gasteiger partial charge in [-0.25, -0.2) is 0 Å². The molecule has 0 aromatic heterocycles. The van der Waals surface area contributed by atoms with Gasteiger partial charge in [-0.2, -0.15) is 5.26 Å². The number of para-hydroxylation sites is 1. The molecule has 7 heteroatoms. The molecule has 0 spiro atoms. The maximum atomic E-state index is 13.5.